The minimum Gasteiger partial charge on any atom is -0.282 e. The second-order valence-electron chi connectivity index (χ2n) is 16.8. The van der Waals surface area contributed by atoms with Crippen LogP contribution in [0.15, 0.2) is 175 Å². The van der Waals surface area contributed by atoms with Gasteiger partial charge in [0.15, 0.2) is 0 Å². The predicted octanol–water partition coefficient (Wildman–Crippen LogP) is 12.4. The molecule has 5 unspecified atom stereocenters. The van der Waals surface area contributed by atoms with Crippen molar-refractivity contribution in [2.24, 2.45) is 11.8 Å². The van der Waals surface area contributed by atoms with Crippen molar-refractivity contribution in [1.29, 1.82) is 0 Å². The van der Waals surface area contributed by atoms with E-state index in [0.717, 1.165) is 29.0 Å². The summed E-state index contributed by atoms with van der Waals surface area (Å²) in [5.74, 6) is 1.51. The summed E-state index contributed by atoms with van der Waals surface area (Å²) in [7, 11) is 0. The van der Waals surface area contributed by atoms with Crippen LogP contribution in [0.1, 0.15) is 68.1 Å². The molecule has 0 bridgehead atoms. The maximum Gasteiger partial charge on any atom is 0.235 e. The molecular weight excluding hydrogens is 703 g/mol. The van der Waals surface area contributed by atoms with E-state index in [1.54, 1.807) is 0 Å². The highest BCUT2D eigenvalue weighted by molar-refractivity contribution is 6.04. The number of fused-ring (bicyclic) bond motifs is 18. The fourth-order valence-corrected chi connectivity index (χ4v) is 11.7. The van der Waals surface area contributed by atoms with Crippen LogP contribution in [0.4, 0.5) is 0 Å². The first kappa shape index (κ1) is 31.1. The Balaban J connectivity index is 1.10. The fraction of sp³-hybridized carbons (Fsp3) is 0.109. The van der Waals surface area contributed by atoms with Gasteiger partial charge in [-0.25, -0.2) is 9.97 Å². The van der Waals surface area contributed by atoms with E-state index in [1.807, 2.05) is 0 Å². The zero-order valence-corrected chi connectivity index (χ0v) is 31.6. The van der Waals surface area contributed by atoms with Gasteiger partial charge in [0.2, 0.25) is 5.95 Å². The van der Waals surface area contributed by atoms with E-state index in [2.05, 4.69) is 180 Å². The number of rotatable bonds is 2. The number of aromatic nitrogens is 3. The van der Waals surface area contributed by atoms with E-state index in [9.17, 15) is 0 Å². The van der Waals surface area contributed by atoms with Gasteiger partial charge in [-0.1, -0.05) is 158 Å². The molecule has 5 atom stereocenters. The number of allylic oxidation sites excluding steroid dienone is 10. The Morgan fingerprint density at radius 3 is 2.21 bits per heavy atom. The molecule has 0 saturated carbocycles. The first-order valence-electron chi connectivity index (χ1n) is 20.7. The van der Waals surface area contributed by atoms with E-state index in [1.165, 1.54) is 89.3 Å². The summed E-state index contributed by atoms with van der Waals surface area (Å²) in [6.45, 7) is 0. The Morgan fingerprint density at radius 1 is 0.552 bits per heavy atom. The molecule has 7 aliphatic carbocycles. The van der Waals surface area contributed by atoms with Gasteiger partial charge in [-0.15, -0.1) is 5.73 Å². The third-order valence-electron chi connectivity index (χ3n) is 14.0. The van der Waals surface area contributed by atoms with Crippen LogP contribution in [0.5, 0.6) is 0 Å². The molecule has 3 nitrogen and oxygen atoms in total. The van der Waals surface area contributed by atoms with Crippen LogP contribution in [0, 0.1) is 11.8 Å². The summed E-state index contributed by atoms with van der Waals surface area (Å²) in [4.78, 5) is 11.3. The van der Waals surface area contributed by atoms with Gasteiger partial charge >= 0.3 is 0 Å². The molecule has 0 fully saturated rings. The lowest BCUT2D eigenvalue weighted by molar-refractivity contribution is 0.557. The summed E-state index contributed by atoms with van der Waals surface area (Å²) in [5, 5.41) is 1.07. The summed E-state index contributed by atoms with van der Waals surface area (Å²) < 4.78 is 2.48. The highest BCUT2D eigenvalue weighted by Crippen LogP contribution is 2.61. The lowest BCUT2D eigenvalue weighted by Gasteiger charge is -2.40. The van der Waals surface area contributed by atoms with Crippen molar-refractivity contribution in [3.63, 3.8) is 0 Å². The largest absolute Gasteiger partial charge is 0.282 e. The molecule has 3 heteroatoms. The van der Waals surface area contributed by atoms with Gasteiger partial charge in [-0.3, -0.25) is 4.57 Å². The molecule has 7 aliphatic rings. The molecule has 58 heavy (non-hydrogen) atoms. The molecule has 0 amide bonds. The molecule has 0 N–H and O–H groups in total. The fourth-order valence-electron chi connectivity index (χ4n) is 11.7. The van der Waals surface area contributed by atoms with E-state index in [4.69, 9.17) is 9.97 Å². The first-order valence-corrected chi connectivity index (χ1v) is 20.7. The van der Waals surface area contributed by atoms with Crippen LogP contribution >= 0.6 is 0 Å². The molecule has 2 heterocycles. The van der Waals surface area contributed by atoms with Gasteiger partial charge in [-0.2, -0.15) is 0 Å². The van der Waals surface area contributed by atoms with Crippen molar-refractivity contribution in [2.45, 2.75) is 24.2 Å². The third kappa shape index (κ3) is 3.94. The van der Waals surface area contributed by atoms with Crippen LogP contribution < -0.4 is 0 Å². The van der Waals surface area contributed by atoms with E-state index in [-0.39, 0.29) is 29.6 Å². The van der Waals surface area contributed by atoms with Gasteiger partial charge in [0, 0.05) is 57.4 Å². The van der Waals surface area contributed by atoms with Crippen molar-refractivity contribution in [3.05, 3.63) is 226 Å². The molecule has 270 valence electrons. The van der Waals surface area contributed by atoms with Crippen LogP contribution in [-0.2, 0) is 6.42 Å². The van der Waals surface area contributed by atoms with Crippen LogP contribution in [0.2, 0.25) is 0 Å². The molecule has 0 saturated heterocycles. The Kier molecular flexibility index (Phi) is 6.05. The predicted molar refractivity (Wildman–Crippen MR) is 234 cm³/mol. The van der Waals surface area contributed by atoms with E-state index >= 15 is 0 Å². The lowest BCUT2D eigenvalue weighted by atomic mass is 9.62. The quantitative estimate of drug-likeness (QED) is 0.165. The van der Waals surface area contributed by atoms with Gasteiger partial charge in [-0.05, 0) is 79.8 Å². The van der Waals surface area contributed by atoms with Crippen molar-refractivity contribution in [2.75, 3.05) is 0 Å². The molecule has 5 aromatic carbocycles. The molecular formula is C55H35N3. The number of hydrogen-bond acceptors (Lipinski definition) is 2. The lowest BCUT2D eigenvalue weighted by Crippen LogP contribution is -2.29. The van der Waals surface area contributed by atoms with E-state index < -0.39 is 0 Å². The van der Waals surface area contributed by atoms with Crippen molar-refractivity contribution in [3.8, 4) is 39.5 Å². The summed E-state index contributed by atoms with van der Waals surface area (Å²) in [5.41, 5.74) is 27.2. The average molecular weight is 738 g/mol. The Hall–Kier alpha value is -7.06. The van der Waals surface area contributed by atoms with Gasteiger partial charge in [0.25, 0.3) is 0 Å². The molecule has 0 spiro atoms. The standard InChI is InChI=1S/C55H35N3/c1-3-16-34-31(13-1)27-28-47-51(34)52-50-42-24-12-23-39-36-18-5-6-19-37(36)44(49(39)42)30-45(50)38-20-7-8-21-40(38)54(52)58(47)55-56-46-26-10-9-22-41(46)53(57-55)43-25-11-15-33-29-32-14-2-4-17-35(32)48(33)43/h1-28,31,34,38,40,50H,29H2. The maximum absolute atomic E-state index is 5.75. The Morgan fingerprint density at radius 2 is 1.28 bits per heavy atom. The highest BCUT2D eigenvalue weighted by atomic mass is 15.2. The first-order chi connectivity index (χ1) is 28.8. The zero-order chi connectivity index (χ0) is 37.6. The van der Waals surface area contributed by atoms with Crippen molar-refractivity contribution in [1.82, 2.24) is 14.5 Å². The van der Waals surface area contributed by atoms with Crippen molar-refractivity contribution < 1.29 is 0 Å². The summed E-state index contributed by atoms with van der Waals surface area (Å²) in [6.07, 6.45) is 24.3. The SMILES string of the molecule is C1=C2c3ccccc3-c3cccc(c32)C2C=1C1C=CC=CC1c1c2c2c(n1-c1nc(-c3cccc4c3-c3ccccc3C4)c3ccccc3n1)C=CC1C=CC=CC21. The van der Waals surface area contributed by atoms with Gasteiger partial charge < -0.3 is 0 Å². The van der Waals surface area contributed by atoms with Gasteiger partial charge in [0.05, 0.1) is 16.9 Å². The molecule has 14 rings (SSSR count). The molecule has 0 radical (unpaired) electrons. The maximum atomic E-state index is 5.75. The normalized spacial score (nSPS) is 22.5. The second kappa shape index (κ2) is 11.3. The average Bonchev–Trinajstić information content (AvgIpc) is 3.95. The van der Waals surface area contributed by atoms with Gasteiger partial charge in [0.1, 0.15) is 0 Å². The molecule has 2 aromatic heterocycles. The minimum absolute atomic E-state index is 0.0516. The smallest absolute Gasteiger partial charge is 0.235 e. The molecule has 7 aromatic rings. The number of para-hydroxylation sites is 1. The van der Waals surface area contributed by atoms with Crippen LogP contribution in [-0.4, -0.2) is 14.5 Å². The monoisotopic (exact) mass is 737 g/mol. The van der Waals surface area contributed by atoms with Crippen LogP contribution in [0.3, 0.4) is 0 Å². The number of benzene rings is 5. The summed E-state index contributed by atoms with van der Waals surface area (Å²) >= 11 is 0. The topological polar surface area (TPSA) is 30.7 Å². The minimum atomic E-state index is 0.0516. The second-order valence-corrected chi connectivity index (χ2v) is 16.8. The van der Waals surface area contributed by atoms with Crippen LogP contribution in [0.25, 0.3) is 62.0 Å². The third-order valence-corrected chi connectivity index (χ3v) is 14.0. The number of hydrogen-bond donors (Lipinski definition) is 0. The number of nitrogens with zero attached hydrogens (tertiary/aromatic N) is 3. The Labute approximate surface area is 336 Å². The molecule has 0 aliphatic heterocycles. The highest BCUT2D eigenvalue weighted by Gasteiger charge is 2.49. The zero-order valence-electron chi connectivity index (χ0n) is 31.6. The Bertz CT molecular complexity index is 3280. The summed E-state index contributed by atoms with van der Waals surface area (Å²) in [6, 6.07) is 40.1. The van der Waals surface area contributed by atoms with Crippen molar-refractivity contribution >= 4 is 22.6 Å². The van der Waals surface area contributed by atoms with E-state index in [0.29, 0.717) is 0 Å².